The highest BCUT2D eigenvalue weighted by atomic mass is 127. The second kappa shape index (κ2) is 7.45. The number of halogens is 1. The molecule has 1 aromatic heterocycles. The number of nitro benzene ring substituents is 1. The van der Waals surface area contributed by atoms with Gasteiger partial charge in [-0.1, -0.05) is 24.3 Å². The van der Waals surface area contributed by atoms with Gasteiger partial charge in [-0.2, -0.15) is 0 Å². The highest BCUT2D eigenvalue weighted by Gasteiger charge is 2.10. The molecule has 2 aromatic carbocycles. The summed E-state index contributed by atoms with van der Waals surface area (Å²) >= 11 is 2.34. The molecule has 0 atom stereocenters. The Balaban J connectivity index is 1.96. The number of aromatic nitrogens is 1. The zero-order chi connectivity index (χ0) is 18.8. The zero-order valence-electron chi connectivity index (χ0n) is 14.9. The fourth-order valence-electron chi connectivity index (χ4n) is 3.05. The molecule has 0 fully saturated rings. The number of rotatable bonds is 4. The van der Waals surface area contributed by atoms with E-state index in [-0.39, 0.29) is 10.6 Å². The van der Waals surface area contributed by atoms with Crippen LogP contribution < -0.4 is 0 Å². The number of nitrogens with zero attached hydrogens (tertiary/aromatic N) is 2. The van der Waals surface area contributed by atoms with Crippen LogP contribution in [0.1, 0.15) is 28.1 Å². The van der Waals surface area contributed by atoms with Crippen molar-refractivity contribution in [3.8, 4) is 5.69 Å². The summed E-state index contributed by atoms with van der Waals surface area (Å²) in [6.07, 6.45) is 3.93. The summed E-state index contributed by atoms with van der Waals surface area (Å²) in [5, 5.41) is 10.9. The van der Waals surface area contributed by atoms with E-state index in [2.05, 4.69) is 72.2 Å². The largest absolute Gasteiger partial charge is 0.318 e. The van der Waals surface area contributed by atoms with Crippen LogP contribution in [0.3, 0.4) is 0 Å². The van der Waals surface area contributed by atoms with E-state index in [1.165, 1.54) is 15.2 Å². The number of nitro groups is 1. The van der Waals surface area contributed by atoms with Gasteiger partial charge < -0.3 is 4.57 Å². The molecule has 0 saturated carbocycles. The van der Waals surface area contributed by atoms with Crippen molar-refractivity contribution in [3.63, 3.8) is 0 Å². The third-order valence-corrected chi connectivity index (χ3v) is 5.62. The quantitative estimate of drug-likeness (QED) is 0.270. The van der Waals surface area contributed by atoms with Crippen LogP contribution in [0.5, 0.6) is 0 Å². The van der Waals surface area contributed by atoms with Crippen molar-refractivity contribution in [2.45, 2.75) is 20.8 Å². The average molecular weight is 458 g/mol. The van der Waals surface area contributed by atoms with E-state index in [9.17, 15) is 10.1 Å². The van der Waals surface area contributed by atoms with Gasteiger partial charge in [0.1, 0.15) is 0 Å². The Bertz CT molecular complexity index is 1020. The Morgan fingerprint density at radius 1 is 1.04 bits per heavy atom. The van der Waals surface area contributed by atoms with Crippen molar-refractivity contribution in [2.24, 2.45) is 0 Å². The first-order valence-electron chi connectivity index (χ1n) is 8.25. The second-order valence-corrected chi connectivity index (χ2v) is 7.44. The molecule has 4 nitrogen and oxygen atoms in total. The van der Waals surface area contributed by atoms with Gasteiger partial charge in [-0.05, 0) is 84.3 Å². The molecule has 3 rings (SSSR count). The molecule has 0 saturated heterocycles. The molecule has 132 valence electrons. The van der Waals surface area contributed by atoms with Crippen molar-refractivity contribution in [1.82, 2.24) is 4.57 Å². The third-order valence-electron chi connectivity index (χ3n) is 4.41. The minimum absolute atomic E-state index is 0.104. The summed E-state index contributed by atoms with van der Waals surface area (Å²) in [6, 6.07) is 15.2. The Hall–Kier alpha value is -2.41. The van der Waals surface area contributed by atoms with E-state index in [1.54, 1.807) is 12.1 Å². The van der Waals surface area contributed by atoms with Crippen LogP contribution in [0, 0.1) is 34.5 Å². The average Bonchev–Trinajstić information content (AvgIpc) is 2.89. The molecule has 0 aliphatic rings. The maximum absolute atomic E-state index is 10.9. The SMILES string of the molecule is Cc1cc(-n2c(C)cc(C=Cc3cccc([N+](=O)[O-])c3)c2C)ccc1I. The number of aryl methyl sites for hydroxylation is 2. The molecule has 0 unspecified atom stereocenters. The van der Waals surface area contributed by atoms with E-state index in [4.69, 9.17) is 0 Å². The predicted molar refractivity (Wildman–Crippen MR) is 115 cm³/mol. The van der Waals surface area contributed by atoms with Crippen LogP contribution in [-0.2, 0) is 0 Å². The lowest BCUT2D eigenvalue weighted by Crippen LogP contribution is -2.00. The maximum atomic E-state index is 10.9. The number of non-ortho nitro benzene ring substituents is 1. The van der Waals surface area contributed by atoms with Crippen molar-refractivity contribution >= 4 is 40.4 Å². The van der Waals surface area contributed by atoms with E-state index < -0.39 is 0 Å². The first kappa shape index (κ1) is 18.4. The summed E-state index contributed by atoms with van der Waals surface area (Å²) in [6.45, 7) is 6.29. The molecular weight excluding hydrogens is 439 g/mol. The predicted octanol–water partition coefficient (Wildman–Crippen LogP) is 6.09. The lowest BCUT2D eigenvalue weighted by Gasteiger charge is -2.11. The summed E-state index contributed by atoms with van der Waals surface area (Å²) in [4.78, 5) is 10.5. The first-order valence-corrected chi connectivity index (χ1v) is 9.32. The first-order chi connectivity index (χ1) is 12.4. The molecule has 0 aliphatic heterocycles. The molecule has 0 spiro atoms. The standard InChI is InChI=1S/C21H19IN2O2/c1-14-11-19(9-10-21(14)22)23-15(2)12-18(16(23)3)8-7-17-5-4-6-20(13-17)24(25)26/h4-13H,1-3H3. The minimum atomic E-state index is -0.373. The van der Waals surface area contributed by atoms with Crippen LogP contribution >= 0.6 is 22.6 Å². The van der Waals surface area contributed by atoms with Crippen molar-refractivity contribution < 1.29 is 4.92 Å². The van der Waals surface area contributed by atoms with E-state index in [0.29, 0.717) is 0 Å². The van der Waals surface area contributed by atoms with Crippen LogP contribution in [0.2, 0.25) is 0 Å². The fourth-order valence-corrected chi connectivity index (χ4v) is 3.39. The molecule has 1 heterocycles. The van der Waals surface area contributed by atoms with Crippen LogP contribution in [0.25, 0.3) is 17.8 Å². The molecule has 0 amide bonds. The monoisotopic (exact) mass is 458 g/mol. The zero-order valence-corrected chi connectivity index (χ0v) is 17.0. The summed E-state index contributed by atoms with van der Waals surface area (Å²) in [7, 11) is 0. The lowest BCUT2D eigenvalue weighted by atomic mass is 10.1. The number of hydrogen-bond donors (Lipinski definition) is 0. The molecule has 26 heavy (non-hydrogen) atoms. The number of benzene rings is 2. The smallest absolute Gasteiger partial charge is 0.270 e. The molecule has 0 radical (unpaired) electrons. The molecule has 0 bridgehead atoms. The third kappa shape index (κ3) is 3.72. The molecule has 0 N–H and O–H groups in total. The van der Waals surface area contributed by atoms with Crippen molar-refractivity contribution in [1.29, 1.82) is 0 Å². The highest BCUT2D eigenvalue weighted by molar-refractivity contribution is 14.1. The van der Waals surface area contributed by atoms with E-state index >= 15 is 0 Å². The second-order valence-electron chi connectivity index (χ2n) is 6.28. The summed E-state index contributed by atoms with van der Waals surface area (Å²) in [5.74, 6) is 0. The Morgan fingerprint density at radius 2 is 1.81 bits per heavy atom. The van der Waals surface area contributed by atoms with Gasteiger partial charge in [-0.15, -0.1) is 0 Å². The molecule has 0 aliphatic carbocycles. The summed E-state index contributed by atoms with van der Waals surface area (Å²) in [5.41, 5.74) is 6.72. The van der Waals surface area contributed by atoms with Crippen LogP contribution in [-0.4, -0.2) is 9.49 Å². The topological polar surface area (TPSA) is 48.1 Å². The maximum Gasteiger partial charge on any atom is 0.270 e. The van der Waals surface area contributed by atoms with Crippen LogP contribution in [0.15, 0.2) is 48.5 Å². The van der Waals surface area contributed by atoms with E-state index in [0.717, 1.165) is 28.2 Å². The highest BCUT2D eigenvalue weighted by Crippen LogP contribution is 2.25. The van der Waals surface area contributed by atoms with Crippen LogP contribution in [0.4, 0.5) is 5.69 Å². The van der Waals surface area contributed by atoms with Gasteiger partial charge >= 0.3 is 0 Å². The fraction of sp³-hybridized carbons (Fsp3) is 0.143. The van der Waals surface area contributed by atoms with Gasteiger partial charge in [0.15, 0.2) is 0 Å². The van der Waals surface area contributed by atoms with Crippen molar-refractivity contribution in [2.75, 3.05) is 0 Å². The molecule has 5 heteroatoms. The number of hydrogen-bond acceptors (Lipinski definition) is 2. The lowest BCUT2D eigenvalue weighted by molar-refractivity contribution is -0.384. The Labute approximate surface area is 166 Å². The van der Waals surface area contributed by atoms with Gasteiger partial charge in [0.05, 0.1) is 4.92 Å². The normalized spacial score (nSPS) is 11.2. The molecular formula is C21H19IN2O2. The van der Waals surface area contributed by atoms with Gasteiger partial charge in [0.25, 0.3) is 5.69 Å². The Kier molecular flexibility index (Phi) is 5.27. The van der Waals surface area contributed by atoms with Gasteiger partial charge in [0.2, 0.25) is 0 Å². The minimum Gasteiger partial charge on any atom is -0.318 e. The Morgan fingerprint density at radius 3 is 2.50 bits per heavy atom. The van der Waals surface area contributed by atoms with Gasteiger partial charge in [0, 0.05) is 32.8 Å². The van der Waals surface area contributed by atoms with Gasteiger partial charge in [-0.3, -0.25) is 10.1 Å². The van der Waals surface area contributed by atoms with Gasteiger partial charge in [-0.25, -0.2) is 0 Å². The summed E-state index contributed by atoms with van der Waals surface area (Å²) < 4.78 is 3.48. The van der Waals surface area contributed by atoms with Crippen molar-refractivity contribution in [3.05, 3.63) is 90.3 Å². The van der Waals surface area contributed by atoms with E-state index in [1.807, 2.05) is 18.2 Å². The molecule has 3 aromatic rings.